The second-order valence-corrected chi connectivity index (χ2v) is 5.86. The number of piperazine rings is 1. The van der Waals surface area contributed by atoms with Crippen molar-refractivity contribution in [2.75, 3.05) is 26.2 Å². The van der Waals surface area contributed by atoms with Crippen molar-refractivity contribution < 1.29 is 4.79 Å². The first kappa shape index (κ1) is 14.1. The molecular weight excluding hydrogens is 236 g/mol. The molecule has 104 valence electrons. The Kier molecular flexibility index (Phi) is 4.25. The molecule has 1 amide bonds. The highest BCUT2D eigenvalue weighted by Gasteiger charge is 2.20. The number of nitrogens with one attached hydrogen (secondary N) is 1. The molecule has 1 N–H and O–H groups in total. The van der Waals surface area contributed by atoms with Gasteiger partial charge < -0.3 is 10.2 Å². The molecule has 1 aliphatic heterocycles. The van der Waals surface area contributed by atoms with Crippen LogP contribution in [0.25, 0.3) is 0 Å². The molecule has 0 unspecified atom stereocenters. The summed E-state index contributed by atoms with van der Waals surface area (Å²) >= 11 is 0. The quantitative estimate of drug-likeness (QED) is 0.905. The fraction of sp³-hybridized carbons (Fsp3) is 0.562. The van der Waals surface area contributed by atoms with Crippen molar-refractivity contribution >= 4 is 5.91 Å². The van der Waals surface area contributed by atoms with Gasteiger partial charge in [0.15, 0.2) is 0 Å². The van der Waals surface area contributed by atoms with Gasteiger partial charge in [0.1, 0.15) is 0 Å². The summed E-state index contributed by atoms with van der Waals surface area (Å²) in [5, 5.41) is 3.26. The number of benzene rings is 1. The Hall–Kier alpha value is -1.35. The minimum atomic E-state index is 0.155. The van der Waals surface area contributed by atoms with E-state index >= 15 is 0 Å². The van der Waals surface area contributed by atoms with E-state index in [9.17, 15) is 4.79 Å². The fourth-order valence-electron chi connectivity index (χ4n) is 2.32. The van der Waals surface area contributed by atoms with Crippen molar-refractivity contribution in [1.29, 1.82) is 0 Å². The summed E-state index contributed by atoms with van der Waals surface area (Å²) in [6, 6.07) is 8.13. The molecule has 3 heteroatoms. The number of rotatable bonds is 3. The van der Waals surface area contributed by atoms with Gasteiger partial charge in [0, 0.05) is 31.7 Å². The largest absolute Gasteiger partial charge is 0.336 e. The van der Waals surface area contributed by atoms with Gasteiger partial charge in [0.05, 0.1) is 0 Å². The van der Waals surface area contributed by atoms with Crippen molar-refractivity contribution in [3.63, 3.8) is 0 Å². The third-order valence-corrected chi connectivity index (χ3v) is 4.20. The number of nitrogens with zero attached hydrogens (tertiary/aromatic N) is 1. The molecule has 3 nitrogen and oxygen atoms in total. The highest BCUT2D eigenvalue weighted by Crippen LogP contribution is 2.26. The van der Waals surface area contributed by atoms with Crippen LogP contribution in [-0.4, -0.2) is 37.0 Å². The van der Waals surface area contributed by atoms with Crippen LogP contribution >= 0.6 is 0 Å². The lowest BCUT2D eigenvalue weighted by atomic mass is 9.82. The summed E-state index contributed by atoms with van der Waals surface area (Å²) in [7, 11) is 0. The highest BCUT2D eigenvalue weighted by molar-refractivity contribution is 5.94. The van der Waals surface area contributed by atoms with Crippen LogP contribution in [0.5, 0.6) is 0 Å². The van der Waals surface area contributed by atoms with Crippen LogP contribution in [0, 0.1) is 0 Å². The molecule has 1 heterocycles. The Labute approximate surface area is 116 Å². The molecule has 1 saturated heterocycles. The molecule has 19 heavy (non-hydrogen) atoms. The standard InChI is InChI=1S/C16H24N2O/c1-4-16(2,3)14-7-5-13(6-8-14)15(19)18-11-9-17-10-12-18/h5-8,17H,4,9-12H2,1-3H3. The number of hydrogen-bond acceptors (Lipinski definition) is 2. The van der Waals surface area contributed by atoms with Crippen LogP contribution in [0.3, 0.4) is 0 Å². The maximum atomic E-state index is 12.3. The molecular formula is C16H24N2O. The van der Waals surface area contributed by atoms with Crippen molar-refractivity contribution in [2.45, 2.75) is 32.6 Å². The zero-order valence-corrected chi connectivity index (χ0v) is 12.2. The maximum absolute atomic E-state index is 12.3. The van der Waals surface area contributed by atoms with Gasteiger partial charge in [0.25, 0.3) is 5.91 Å². The average Bonchev–Trinajstić information content (AvgIpc) is 2.47. The van der Waals surface area contributed by atoms with Gasteiger partial charge in [-0.25, -0.2) is 0 Å². The van der Waals surface area contributed by atoms with Gasteiger partial charge in [-0.15, -0.1) is 0 Å². The predicted molar refractivity (Wildman–Crippen MR) is 78.5 cm³/mol. The topological polar surface area (TPSA) is 32.3 Å². The van der Waals surface area contributed by atoms with Gasteiger partial charge in [-0.1, -0.05) is 32.9 Å². The molecule has 0 radical (unpaired) electrons. The van der Waals surface area contributed by atoms with Gasteiger partial charge in [-0.2, -0.15) is 0 Å². The van der Waals surface area contributed by atoms with Crippen LogP contribution < -0.4 is 5.32 Å². The van der Waals surface area contributed by atoms with Gasteiger partial charge in [0.2, 0.25) is 0 Å². The molecule has 0 aliphatic carbocycles. The van der Waals surface area contributed by atoms with Crippen LogP contribution in [0.15, 0.2) is 24.3 Å². The van der Waals surface area contributed by atoms with Gasteiger partial charge >= 0.3 is 0 Å². The number of carbonyl (C=O) groups excluding carboxylic acids is 1. The van der Waals surface area contributed by atoms with Crippen LogP contribution in [0.2, 0.25) is 0 Å². The smallest absolute Gasteiger partial charge is 0.253 e. The second-order valence-electron chi connectivity index (χ2n) is 5.86. The number of hydrogen-bond donors (Lipinski definition) is 1. The van der Waals surface area contributed by atoms with E-state index in [0.717, 1.165) is 38.2 Å². The number of carbonyl (C=O) groups is 1. The minimum absolute atomic E-state index is 0.155. The summed E-state index contributed by atoms with van der Waals surface area (Å²) in [4.78, 5) is 14.3. The third-order valence-electron chi connectivity index (χ3n) is 4.20. The van der Waals surface area contributed by atoms with E-state index in [2.05, 4.69) is 38.2 Å². The van der Waals surface area contributed by atoms with E-state index in [1.807, 2.05) is 17.0 Å². The summed E-state index contributed by atoms with van der Waals surface area (Å²) in [6.45, 7) is 10.1. The lowest BCUT2D eigenvalue weighted by Gasteiger charge is -2.28. The zero-order chi connectivity index (χ0) is 13.9. The fourth-order valence-corrected chi connectivity index (χ4v) is 2.32. The molecule has 0 aromatic heterocycles. The Bertz CT molecular complexity index is 431. The van der Waals surface area contributed by atoms with Crippen LogP contribution in [0.1, 0.15) is 43.1 Å². The third kappa shape index (κ3) is 3.16. The van der Waals surface area contributed by atoms with Gasteiger partial charge in [-0.05, 0) is 29.5 Å². The summed E-state index contributed by atoms with van der Waals surface area (Å²) < 4.78 is 0. The minimum Gasteiger partial charge on any atom is -0.336 e. The molecule has 0 bridgehead atoms. The Morgan fingerprint density at radius 2 is 1.79 bits per heavy atom. The predicted octanol–water partition coefficient (Wildman–Crippen LogP) is 2.42. The van der Waals surface area contributed by atoms with E-state index in [0.29, 0.717) is 0 Å². The van der Waals surface area contributed by atoms with Crippen LogP contribution in [0.4, 0.5) is 0 Å². The molecule has 1 aliphatic rings. The molecule has 1 fully saturated rings. The first-order chi connectivity index (χ1) is 9.04. The highest BCUT2D eigenvalue weighted by atomic mass is 16.2. The first-order valence-corrected chi connectivity index (χ1v) is 7.15. The van der Waals surface area contributed by atoms with E-state index in [1.54, 1.807) is 0 Å². The lowest BCUT2D eigenvalue weighted by Crippen LogP contribution is -2.46. The van der Waals surface area contributed by atoms with E-state index < -0.39 is 0 Å². The summed E-state index contributed by atoms with van der Waals surface area (Å²) in [6.07, 6.45) is 1.10. The maximum Gasteiger partial charge on any atom is 0.253 e. The van der Waals surface area contributed by atoms with E-state index in [4.69, 9.17) is 0 Å². The molecule has 1 aromatic carbocycles. The lowest BCUT2D eigenvalue weighted by molar-refractivity contribution is 0.0736. The zero-order valence-electron chi connectivity index (χ0n) is 12.2. The van der Waals surface area contributed by atoms with Crippen molar-refractivity contribution in [3.05, 3.63) is 35.4 Å². The molecule has 2 rings (SSSR count). The molecule has 1 aromatic rings. The average molecular weight is 260 g/mol. The van der Waals surface area contributed by atoms with Crippen LogP contribution in [-0.2, 0) is 5.41 Å². The summed E-state index contributed by atoms with van der Waals surface area (Å²) in [5.74, 6) is 0.155. The second kappa shape index (κ2) is 5.74. The molecule has 0 spiro atoms. The van der Waals surface area contributed by atoms with Crippen molar-refractivity contribution in [3.8, 4) is 0 Å². The Morgan fingerprint density at radius 1 is 1.21 bits per heavy atom. The number of amides is 1. The molecule has 0 atom stereocenters. The molecule has 0 saturated carbocycles. The van der Waals surface area contributed by atoms with Gasteiger partial charge in [-0.3, -0.25) is 4.79 Å². The van der Waals surface area contributed by atoms with Crippen molar-refractivity contribution in [2.24, 2.45) is 0 Å². The Morgan fingerprint density at radius 3 is 2.32 bits per heavy atom. The first-order valence-electron chi connectivity index (χ1n) is 7.15. The Balaban J connectivity index is 2.11. The SMILES string of the molecule is CCC(C)(C)c1ccc(C(=O)N2CCNCC2)cc1. The normalized spacial score (nSPS) is 16.5. The van der Waals surface area contributed by atoms with E-state index in [-0.39, 0.29) is 11.3 Å². The summed E-state index contributed by atoms with van der Waals surface area (Å²) in [5.41, 5.74) is 2.28. The van der Waals surface area contributed by atoms with E-state index in [1.165, 1.54) is 5.56 Å². The van der Waals surface area contributed by atoms with Crippen molar-refractivity contribution in [1.82, 2.24) is 10.2 Å². The monoisotopic (exact) mass is 260 g/mol.